The molecule has 27 heavy (non-hydrogen) atoms. The van der Waals surface area contributed by atoms with Crippen molar-refractivity contribution in [1.82, 2.24) is 0 Å². The summed E-state index contributed by atoms with van der Waals surface area (Å²) in [5.41, 5.74) is 1.46. The number of halogens is 1. The zero-order chi connectivity index (χ0) is 20.4. The lowest BCUT2D eigenvalue weighted by atomic mass is 10.1. The van der Waals surface area contributed by atoms with Crippen molar-refractivity contribution in [2.75, 3.05) is 32.2 Å². The molecular weight excluding hydrogens is 426 g/mol. The van der Waals surface area contributed by atoms with Gasteiger partial charge in [0.2, 0.25) is 0 Å². The van der Waals surface area contributed by atoms with E-state index in [2.05, 4.69) is 54.7 Å². The van der Waals surface area contributed by atoms with Crippen molar-refractivity contribution < 1.29 is 18.7 Å². The van der Waals surface area contributed by atoms with Crippen LogP contribution >= 0.6 is 15.9 Å². The Kier molecular flexibility index (Phi) is 7.03. The van der Waals surface area contributed by atoms with Crippen LogP contribution in [0.1, 0.15) is 44.0 Å². The van der Waals surface area contributed by atoms with Crippen molar-refractivity contribution in [1.29, 1.82) is 0 Å². The molecule has 0 saturated carbocycles. The monoisotopic (exact) mass is 457 g/mol. The summed E-state index contributed by atoms with van der Waals surface area (Å²) in [6.07, 6.45) is 2.32. The number of nitrogens with zero attached hydrogens (tertiary/aromatic N) is 1. The van der Waals surface area contributed by atoms with Gasteiger partial charge < -0.3 is 18.8 Å². The first-order chi connectivity index (χ1) is 12.5. The summed E-state index contributed by atoms with van der Waals surface area (Å²) in [6.45, 7) is 13.3. The Morgan fingerprint density at radius 2 is 1.78 bits per heavy atom. The molecule has 1 heterocycles. The third-order valence-electron chi connectivity index (χ3n) is 5.72. The molecule has 0 bridgehead atoms. The molecule has 0 spiro atoms. The summed E-state index contributed by atoms with van der Waals surface area (Å²) >= 11 is 3.60. The van der Waals surface area contributed by atoms with E-state index in [4.69, 9.17) is 13.9 Å². The van der Waals surface area contributed by atoms with Crippen molar-refractivity contribution in [2.45, 2.75) is 57.8 Å². The Hall–Kier alpha value is -1.05. The Morgan fingerprint density at radius 3 is 2.26 bits per heavy atom. The van der Waals surface area contributed by atoms with Gasteiger partial charge in [0.15, 0.2) is 8.32 Å². The smallest absolute Gasteiger partial charge is 0.341 e. The zero-order valence-electron chi connectivity index (χ0n) is 17.5. The van der Waals surface area contributed by atoms with Gasteiger partial charge in [-0.1, -0.05) is 20.8 Å². The SMILES string of the molecule is COC(=O)c1cc(Br)c(N2CCC(O[Si](C)(C)C(C)(C)C)CC2)cc1OC. The summed E-state index contributed by atoms with van der Waals surface area (Å²) in [4.78, 5) is 14.3. The van der Waals surface area contributed by atoms with Crippen molar-refractivity contribution >= 4 is 35.9 Å². The molecule has 0 unspecified atom stereocenters. The van der Waals surface area contributed by atoms with Crippen molar-refractivity contribution in [2.24, 2.45) is 0 Å². The Morgan fingerprint density at radius 1 is 1.19 bits per heavy atom. The minimum Gasteiger partial charge on any atom is -0.496 e. The van der Waals surface area contributed by atoms with E-state index in [-0.39, 0.29) is 5.04 Å². The number of esters is 1. The molecule has 0 amide bonds. The highest BCUT2D eigenvalue weighted by atomic mass is 79.9. The lowest BCUT2D eigenvalue weighted by Crippen LogP contribution is -2.47. The third kappa shape index (κ3) is 5.06. The standard InChI is InChI=1S/C20H32BrNO4Si/c1-20(2,3)27(6,7)26-14-8-10-22(11-9-14)17-13-18(24-4)15(12-16(17)21)19(23)25-5/h12-14H,8-11H2,1-7H3. The van der Waals surface area contributed by atoms with Gasteiger partial charge in [0.25, 0.3) is 0 Å². The Balaban J connectivity index is 2.11. The highest BCUT2D eigenvalue weighted by Crippen LogP contribution is 2.40. The fourth-order valence-corrected chi connectivity index (χ4v) is 5.05. The molecule has 0 atom stereocenters. The van der Waals surface area contributed by atoms with Gasteiger partial charge in [0.05, 0.1) is 19.9 Å². The van der Waals surface area contributed by atoms with Crippen LogP contribution in [0.25, 0.3) is 0 Å². The summed E-state index contributed by atoms with van der Waals surface area (Å²) < 4.78 is 17.7. The number of hydrogen-bond acceptors (Lipinski definition) is 5. The van der Waals surface area contributed by atoms with Gasteiger partial charge in [-0.3, -0.25) is 0 Å². The van der Waals surface area contributed by atoms with E-state index in [1.807, 2.05) is 6.07 Å². The maximum Gasteiger partial charge on any atom is 0.341 e. The third-order valence-corrected chi connectivity index (χ3v) is 10.9. The molecule has 0 aliphatic carbocycles. The summed E-state index contributed by atoms with van der Waals surface area (Å²) in [5.74, 6) is 0.125. The number of rotatable bonds is 5. The van der Waals surface area contributed by atoms with E-state index in [0.717, 1.165) is 36.1 Å². The fourth-order valence-electron chi connectivity index (χ4n) is 3.03. The van der Waals surface area contributed by atoms with Gasteiger partial charge in [-0.15, -0.1) is 0 Å². The van der Waals surface area contributed by atoms with Crippen LogP contribution in [0.15, 0.2) is 16.6 Å². The molecule has 2 rings (SSSR count). The van der Waals surface area contributed by atoms with E-state index in [1.54, 1.807) is 13.2 Å². The van der Waals surface area contributed by atoms with Gasteiger partial charge >= 0.3 is 5.97 Å². The Bertz CT molecular complexity index is 679. The second-order valence-corrected chi connectivity index (χ2v) is 14.2. The van der Waals surface area contributed by atoms with E-state index >= 15 is 0 Å². The molecule has 0 radical (unpaired) electrons. The second-order valence-electron chi connectivity index (χ2n) is 8.56. The molecule has 7 heteroatoms. The van der Waals surface area contributed by atoms with Crippen LogP contribution in [0.4, 0.5) is 5.69 Å². The van der Waals surface area contributed by atoms with Crippen LogP contribution in [0.2, 0.25) is 18.1 Å². The molecule has 0 N–H and O–H groups in total. The summed E-state index contributed by atoms with van der Waals surface area (Å²) in [5, 5.41) is 0.226. The average Bonchev–Trinajstić information content (AvgIpc) is 2.60. The lowest BCUT2D eigenvalue weighted by Gasteiger charge is -2.42. The average molecular weight is 458 g/mol. The predicted molar refractivity (Wildman–Crippen MR) is 116 cm³/mol. The topological polar surface area (TPSA) is 48.0 Å². The van der Waals surface area contributed by atoms with Crippen LogP contribution in [0.3, 0.4) is 0 Å². The number of ether oxygens (including phenoxy) is 2. The number of methoxy groups -OCH3 is 2. The number of hydrogen-bond donors (Lipinski definition) is 0. The van der Waals surface area contributed by atoms with E-state index in [0.29, 0.717) is 17.4 Å². The largest absolute Gasteiger partial charge is 0.496 e. The molecule has 0 aromatic heterocycles. The fraction of sp³-hybridized carbons (Fsp3) is 0.650. The molecule has 152 valence electrons. The quantitative estimate of drug-likeness (QED) is 0.447. The van der Waals surface area contributed by atoms with Crippen LogP contribution in [0, 0.1) is 0 Å². The molecule has 1 aliphatic rings. The number of carbonyl (C=O) groups excluding carboxylic acids is 1. The van der Waals surface area contributed by atoms with Gasteiger partial charge in [-0.05, 0) is 53.0 Å². The van der Waals surface area contributed by atoms with Gasteiger partial charge in [-0.2, -0.15) is 0 Å². The molecule has 5 nitrogen and oxygen atoms in total. The highest BCUT2D eigenvalue weighted by molar-refractivity contribution is 9.10. The summed E-state index contributed by atoms with van der Waals surface area (Å²) in [6, 6.07) is 3.68. The predicted octanol–water partition coefficient (Wildman–Crippen LogP) is 5.23. The number of piperidine rings is 1. The molecule has 1 aromatic carbocycles. The normalized spacial score (nSPS) is 16.4. The molecule has 1 fully saturated rings. The number of carbonyl (C=O) groups is 1. The van der Waals surface area contributed by atoms with Gasteiger partial charge in [0, 0.05) is 29.7 Å². The van der Waals surface area contributed by atoms with E-state index < -0.39 is 14.3 Å². The van der Waals surface area contributed by atoms with Crippen molar-refractivity contribution in [3.63, 3.8) is 0 Å². The Labute approximate surface area is 172 Å². The van der Waals surface area contributed by atoms with Crippen LogP contribution in [0.5, 0.6) is 5.75 Å². The molecular formula is C20H32BrNO4Si. The zero-order valence-corrected chi connectivity index (χ0v) is 20.1. The van der Waals surface area contributed by atoms with Gasteiger partial charge in [-0.25, -0.2) is 4.79 Å². The van der Waals surface area contributed by atoms with Crippen molar-refractivity contribution in [3.8, 4) is 5.75 Å². The maximum atomic E-state index is 11.9. The van der Waals surface area contributed by atoms with E-state index in [1.165, 1.54) is 7.11 Å². The number of anilines is 1. The minimum absolute atomic E-state index is 0.226. The van der Waals surface area contributed by atoms with Crippen LogP contribution < -0.4 is 9.64 Å². The van der Waals surface area contributed by atoms with Crippen LogP contribution in [-0.4, -0.2) is 47.7 Å². The first-order valence-electron chi connectivity index (χ1n) is 9.38. The molecule has 1 saturated heterocycles. The first-order valence-corrected chi connectivity index (χ1v) is 13.1. The van der Waals surface area contributed by atoms with E-state index in [9.17, 15) is 4.79 Å². The number of benzene rings is 1. The first kappa shape index (κ1) is 22.2. The van der Waals surface area contributed by atoms with Gasteiger partial charge in [0.1, 0.15) is 11.3 Å². The molecule has 1 aromatic rings. The lowest BCUT2D eigenvalue weighted by molar-refractivity contribution is 0.0597. The summed E-state index contributed by atoms with van der Waals surface area (Å²) in [7, 11) is 1.20. The van der Waals surface area contributed by atoms with Crippen molar-refractivity contribution in [3.05, 3.63) is 22.2 Å². The second kappa shape index (κ2) is 8.53. The molecule has 1 aliphatic heterocycles. The maximum absolute atomic E-state index is 11.9. The highest BCUT2D eigenvalue weighted by Gasteiger charge is 2.39. The minimum atomic E-state index is -1.74. The van der Waals surface area contributed by atoms with Crippen LogP contribution in [-0.2, 0) is 9.16 Å².